The molecule has 0 unspecified atom stereocenters. The number of rotatable bonds is 4. The van der Waals surface area contributed by atoms with Crippen molar-refractivity contribution in [2.45, 2.75) is 13.5 Å². The minimum atomic E-state index is 0.964. The number of nitrogens with one attached hydrogen (secondary N) is 1. The van der Waals surface area contributed by atoms with E-state index in [1.165, 1.54) is 11.3 Å². The zero-order chi connectivity index (χ0) is 10.5. The van der Waals surface area contributed by atoms with Crippen molar-refractivity contribution in [3.8, 4) is 0 Å². The Morgan fingerprint density at radius 1 is 1.27 bits per heavy atom. The topological polar surface area (TPSA) is 15.3 Å². The van der Waals surface area contributed by atoms with Crippen LogP contribution in [0.3, 0.4) is 0 Å². The van der Waals surface area contributed by atoms with Crippen molar-refractivity contribution in [1.29, 1.82) is 0 Å². The molecule has 0 saturated heterocycles. The molecule has 1 aromatic carbocycles. The molecule has 1 heterocycles. The second-order valence-corrected chi connectivity index (χ2v) is 3.83. The van der Waals surface area contributed by atoms with Gasteiger partial charge in [-0.2, -0.15) is 0 Å². The van der Waals surface area contributed by atoms with Gasteiger partial charge >= 0.3 is 0 Å². The molecule has 0 spiro atoms. The first-order chi connectivity index (χ1) is 7.40. The number of nitrogens with zero attached hydrogens (tertiary/aromatic N) is 1. The Hall–Kier alpha value is -1.28. The van der Waals surface area contributed by atoms with Gasteiger partial charge in [0.05, 0.1) is 0 Å². The van der Waals surface area contributed by atoms with Crippen LogP contribution in [0.5, 0.6) is 0 Å². The first-order valence-electron chi connectivity index (χ1n) is 5.60. The lowest BCUT2D eigenvalue weighted by Gasteiger charge is -2.18. The van der Waals surface area contributed by atoms with Gasteiger partial charge in [-0.1, -0.05) is 31.2 Å². The van der Waals surface area contributed by atoms with E-state index in [0.717, 1.165) is 26.2 Å². The van der Waals surface area contributed by atoms with Crippen molar-refractivity contribution in [3.05, 3.63) is 42.0 Å². The van der Waals surface area contributed by atoms with Gasteiger partial charge in [-0.15, -0.1) is 0 Å². The molecule has 0 radical (unpaired) electrons. The summed E-state index contributed by atoms with van der Waals surface area (Å²) in [5, 5.41) is 3.35. The monoisotopic (exact) mass is 202 g/mol. The average molecular weight is 202 g/mol. The lowest BCUT2D eigenvalue weighted by molar-refractivity contribution is 0.726. The van der Waals surface area contributed by atoms with E-state index >= 15 is 0 Å². The summed E-state index contributed by atoms with van der Waals surface area (Å²) >= 11 is 0. The van der Waals surface area contributed by atoms with Gasteiger partial charge in [-0.25, -0.2) is 0 Å². The lowest BCUT2D eigenvalue weighted by Crippen LogP contribution is -2.19. The molecule has 2 rings (SSSR count). The molecule has 0 aromatic heterocycles. The highest BCUT2D eigenvalue weighted by Crippen LogP contribution is 2.18. The van der Waals surface area contributed by atoms with Crippen LogP contribution in [0, 0.1) is 0 Å². The van der Waals surface area contributed by atoms with Crippen LogP contribution in [-0.2, 0) is 6.54 Å². The molecule has 1 aliphatic rings. The smallest absolute Gasteiger partial charge is 0.0375 e. The van der Waals surface area contributed by atoms with Crippen molar-refractivity contribution in [2.24, 2.45) is 0 Å². The fraction of sp³-hybridized carbons (Fsp3) is 0.385. The second-order valence-electron chi connectivity index (χ2n) is 3.83. The molecule has 1 N–H and O–H groups in total. The number of hydrogen-bond acceptors (Lipinski definition) is 2. The van der Waals surface area contributed by atoms with Gasteiger partial charge in [0, 0.05) is 25.3 Å². The fourth-order valence-corrected chi connectivity index (χ4v) is 1.82. The van der Waals surface area contributed by atoms with Crippen LogP contribution in [0.25, 0.3) is 0 Å². The van der Waals surface area contributed by atoms with E-state index in [1.54, 1.807) is 0 Å². The quantitative estimate of drug-likeness (QED) is 0.753. The van der Waals surface area contributed by atoms with Gasteiger partial charge in [0.2, 0.25) is 0 Å². The molecule has 0 bridgehead atoms. The van der Waals surface area contributed by atoms with Crippen molar-refractivity contribution in [3.63, 3.8) is 0 Å². The first-order valence-corrected chi connectivity index (χ1v) is 5.60. The third kappa shape index (κ3) is 2.60. The van der Waals surface area contributed by atoms with E-state index in [-0.39, 0.29) is 0 Å². The molecule has 15 heavy (non-hydrogen) atoms. The Morgan fingerprint density at radius 3 is 2.80 bits per heavy atom. The van der Waals surface area contributed by atoms with Crippen LogP contribution in [0.1, 0.15) is 12.5 Å². The van der Waals surface area contributed by atoms with Crippen molar-refractivity contribution in [1.82, 2.24) is 5.32 Å². The molecule has 2 heteroatoms. The van der Waals surface area contributed by atoms with Crippen molar-refractivity contribution >= 4 is 5.69 Å². The summed E-state index contributed by atoms with van der Waals surface area (Å²) in [5.41, 5.74) is 2.69. The van der Waals surface area contributed by atoms with Crippen LogP contribution in [0.15, 0.2) is 36.4 Å². The van der Waals surface area contributed by atoms with Crippen molar-refractivity contribution < 1.29 is 0 Å². The summed E-state index contributed by atoms with van der Waals surface area (Å²) in [6, 6.07) is 8.77. The predicted octanol–water partition coefficient (Wildman–Crippen LogP) is 2.17. The van der Waals surface area contributed by atoms with Crippen LogP contribution < -0.4 is 10.2 Å². The lowest BCUT2D eigenvalue weighted by atomic mass is 10.2. The molecule has 1 aromatic rings. The zero-order valence-electron chi connectivity index (χ0n) is 9.24. The molecule has 80 valence electrons. The Kier molecular flexibility index (Phi) is 3.41. The summed E-state index contributed by atoms with van der Waals surface area (Å²) in [6.07, 6.45) is 4.44. The summed E-state index contributed by atoms with van der Waals surface area (Å²) in [5.74, 6) is 0. The van der Waals surface area contributed by atoms with Crippen molar-refractivity contribution in [2.75, 3.05) is 24.5 Å². The highest BCUT2D eigenvalue weighted by atomic mass is 15.1. The third-order valence-corrected chi connectivity index (χ3v) is 2.67. The highest BCUT2D eigenvalue weighted by molar-refractivity contribution is 5.51. The minimum absolute atomic E-state index is 0.964. The minimum Gasteiger partial charge on any atom is -0.364 e. The maximum Gasteiger partial charge on any atom is 0.0375 e. The standard InChI is InChI=1S/C13H18N2/c1-2-14-11-12-6-5-7-13(10-12)15-8-3-4-9-15/h3-7,10,14H,2,8-9,11H2,1H3. The summed E-state index contributed by atoms with van der Waals surface area (Å²) in [7, 11) is 0. The molecule has 0 aliphatic carbocycles. The van der Waals surface area contributed by atoms with E-state index < -0.39 is 0 Å². The normalized spacial score (nSPS) is 14.9. The van der Waals surface area contributed by atoms with E-state index in [9.17, 15) is 0 Å². The number of hydrogen-bond donors (Lipinski definition) is 1. The van der Waals surface area contributed by atoms with E-state index in [0.29, 0.717) is 0 Å². The van der Waals surface area contributed by atoms with E-state index in [1.807, 2.05) is 0 Å². The number of anilines is 1. The van der Waals surface area contributed by atoms with Gasteiger partial charge in [0.15, 0.2) is 0 Å². The SMILES string of the molecule is CCNCc1cccc(N2CC=CC2)c1. The first kappa shape index (κ1) is 10.2. The molecular formula is C13H18N2. The maximum atomic E-state index is 3.35. The molecule has 0 atom stereocenters. The van der Waals surface area contributed by atoms with E-state index in [4.69, 9.17) is 0 Å². The Labute approximate surface area is 91.6 Å². The second kappa shape index (κ2) is 4.99. The predicted molar refractivity (Wildman–Crippen MR) is 65.2 cm³/mol. The molecular weight excluding hydrogens is 184 g/mol. The molecule has 2 nitrogen and oxygen atoms in total. The summed E-state index contributed by atoms with van der Waals surface area (Å²) in [4.78, 5) is 2.37. The average Bonchev–Trinajstić information content (AvgIpc) is 2.80. The Morgan fingerprint density at radius 2 is 2.07 bits per heavy atom. The largest absolute Gasteiger partial charge is 0.364 e. The Bertz CT molecular complexity index is 336. The molecule has 1 aliphatic heterocycles. The van der Waals surface area contributed by atoms with Gasteiger partial charge < -0.3 is 10.2 Å². The Balaban J connectivity index is 2.04. The van der Waals surface area contributed by atoms with E-state index in [2.05, 4.69) is 53.6 Å². The fourth-order valence-electron chi connectivity index (χ4n) is 1.82. The van der Waals surface area contributed by atoms with Gasteiger partial charge in [-0.05, 0) is 24.2 Å². The third-order valence-electron chi connectivity index (χ3n) is 2.67. The van der Waals surface area contributed by atoms with Crippen LogP contribution in [-0.4, -0.2) is 19.6 Å². The van der Waals surface area contributed by atoms with Crippen LogP contribution >= 0.6 is 0 Å². The van der Waals surface area contributed by atoms with Gasteiger partial charge in [0.25, 0.3) is 0 Å². The van der Waals surface area contributed by atoms with Gasteiger partial charge in [-0.3, -0.25) is 0 Å². The molecule has 0 saturated carbocycles. The molecule has 0 amide bonds. The maximum absolute atomic E-state index is 3.35. The van der Waals surface area contributed by atoms with Gasteiger partial charge in [0.1, 0.15) is 0 Å². The zero-order valence-corrected chi connectivity index (χ0v) is 9.24. The van der Waals surface area contributed by atoms with Crippen LogP contribution in [0.2, 0.25) is 0 Å². The molecule has 0 fully saturated rings. The number of benzene rings is 1. The van der Waals surface area contributed by atoms with Crippen LogP contribution in [0.4, 0.5) is 5.69 Å². The summed E-state index contributed by atoms with van der Waals surface area (Å²) in [6.45, 7) is 6.21. The highest BCUT2D eigenvalue weighted by Gasteiger charge is 2.07. The summed E-state index contributed by atoms with van der Waals surface area (Å²) < 4.78 is 0.